The van der Waals surface area contributed by atoms with Gasteiger partial charge in [-0.25, -0.2) is 0 Å². The summed E-state index contributed by atoms with van der Waals surface area (Å²) in [5.41, 5.74) is 0. The monoisotopic (exact) mass is 247 g/mol. The topological polar surface area (TPSA) is 38.3 Å². The molecule has 1 heterocycles. The molecule has 5 heteroatoms. The minimum atomic E-state index is -0.124. The first-order valence-corrected chi connectivity index (χ1v) is 6.04. The van der Waals surface area contributed by atoms with E-state index in [0.29, 0.717) is 17.2 Å². The summed E-state index contributed by atoms with van der Waals surface area (Å²) in [5.74, 6) is 0.487. The van der Waals surface area contributed by atoms with Gasteiger partial charge in [-0.1, -0.05) is 6.92 Å². The molecule has 0 aliphatic rings. The lowest BCUT2D eigenvalue weighted by Crippen LogP contribution is -2.29. The van der Waals surface area contributed by atoms with Gasteiger partial charge in [-0.05, 0) is 17.9 Å². The molecule has 0 radical (unpaired) electrons. The number of rotatable bonds is 5. The number of amides is 1. The fourth-order valence-electron chi connectivity index (χ4n) is 1.05. The molecule has 3 nitrogen and oxygen atoms in total. The summed E-state index contributed by atoms with van der Waals surface area (Å²) in [6.45, 7) is 2.47. The molecule has 1 aromatic rings. The van der Waals surface area contributed by atoms with Gasteiger partial charge in [0, 0.05) is 6.54 Å². The molecule has 1 N–H and O–H groups in total. The van der Waals surface area contributed by atoms with Crippen LogP contribution < -0.4 is 10.1 Å². The zero-order chi connectivity index (χ0) is 11.3. The Balaban J connectivity index is 2.54. The van der Waals surface area contributed by atoms with E-state index < -0.39 is 0 Å². The number of carbonyl (C=O) groups excluding carboxylic acids is 1. The van der Waals surface area contributed by atoms with E-state index in [-0.39, 0.29) is 11.3 Å². The fourth-order valence-corrected chi connectivity index (χ4v) is 1.90. The SMILES string of the molecule is CCC(Cl)CNC(=O)c1sccc1OC. The Bertz CT molecular complexity index is 327. The molecule has 0 saturated heterocycles. The van der Waals surface area contributed by atoms with Crippen molar-refractivity contribution < 1.29 is 9.53 Å². The number of methoxy groups -OCH3 is 1. The van der Waals surface area contributed by atoms with Crippen molar-refractivity contribution >= 4 is 28.8 Å². The normalized spacial score (nSPS) is 12.2. The van der Waals surface area contributed by atoms with Crippen LogP contribution in [0.5, 0.6) is 5.75 Å². The molecular weight excluding hydrogens is 234 g/mol. The molecule has 0 saturated carbocycles. The lowest BCUT2D eigenvalue weighted by atomic mass is 10.3. The number of halogens is 1. The van der Waals surface area contributed by atoms with Gasteiger partial charge in [-0.3, -0.25) is 4.79 Å². The highest BCUT2D eigenvalue weighted by atomic mass is 35.5. The standard InChI is InChI=1S/C10H14ClNO2S/c1-3-7(11)6-12-10(13)9-8(14-2)4-5-15-9/h4-5,7H,3,6H2,1-2H3,(H,12,13). The van der Waals surface area contributed by atoms with Crippen LogP contribution >= 0.6 is 22.9 Å². The molecule has 84 valence electrons. The van der Waals surface area contributed by atoms with Crippen molar-refractivity contribution in [3.8, 4) is 5.75 Å². The number of thiophene rings is 1. The van der Waals surface area contributed by atoms with Gasteiger partial charge >= 0.3 is 0 Å². The molecule has 0 aliphatic heterocycles. The molecule has 0 aromatic carbocycles. The maximum absolute atomic E-state index is 11.7. The Kier molecular flexibility index (Phi) is 4.91. The van der Waals surface area contributed by atoms with Crippen LogP contribution in [0.2, 0.25) is 0 Å². The average molecular weight is 248 g/mol. The van der Waals surface area contributed by atoms with Crippen LogP contribution in [0.25, 0.3) is 0 Å². The number of alkyl halides is 1. The van der Waals surface area contributed by atoms with Crippen molar-refractivity contribution in [2.45, 2.75) is 18.7 Å². The summed E-state index contributed by atoms with van der Waals surface area (Å²) >= 11 is 7.26. The third-order valence-corrected chi connectivity index (χ3v) is 3.34. The molecule has 0 aliphatic carbocycles. The number of carbonyl (C=O) groups is 1. The maximum Gasteiger partial charge on any atom is 0.265 e. The van der Waals surface area contributed by atoms with Gasteiger partial charge in [-0.2, -0.15) is 0 Å². The average Bonchev–Trinajstić information content (AvgIpc) is 2.73. The van der Waals surface area contributed by atoms with Crippen LogP contribution in [0.3, 0.4) is 0 Å². The smallest absolute Gasteiger partial charge is 0.265 e. The molecular formula is C10H14ClNO2S. The Morgan fingerprint density at radius 3 is 3.07 bits per heavy atom. The van der Waals surface area contributed by atoms with Gasteiger partial charge in [0.15, 0.2) is 0 Å². The molecule has 0 spiro atoms. The zero-order valence-corrected chi connectivity index (χ0v) is 10.3. The third kappa shape index (κ3) is 3.39. The minimum Gasteiger partial charge on any atom is -0.495 e. The lowest BCUT2D eigenvalue weighted by molar-refractivity contribution is 0.0955. The van der Waals surface area contributed by atoms with Crippen LogP contribution in [0.4, 0.5) is 0 Å². The largest absolute Gasteiger partial charge is 0.495 e. The van der Waals surface area contributed by atoms with Crippen LogP contribution in [0, 0.1) is 0 Å². The first-order chi connectivity index (χ1) is 7.19. The van der Waals surface area contributed by atoms with Crippen molar-refractivity contribution in [2.75, 3.05) is 13.7 Å². The maximum atomic E-state index is 11.7. The predicted octanol–water partition coefficient (Wildman–Crippen LogP) is 2.50. The molecule has 1 unspecified atom stereocenters. The third-order valence-electron chi connectivity index (χ3n) is 1.98. The molecule has 1 aromatic heterocycles. The van der Waals surface area contributed by atoms with E-state index in [0.717, 1.165) is 6.42 Å². The van der Waals surface area contributed by atoms with Crippen molar-refractivity contribution in [3.05, 3.63) is 16.3 Å². The first kappa shape index (κ1) is 12.3. The molecule has 15 heavy (non-hydrogen) atoms. The summed E-state index contributed by atoms with van der Waals surface area (Å²) in [6.07, 6.45) is 0.837. The van der Waals surface area contributed by atoms with E-state index in [1.807, 2.05) is 12.3 Å². The second-order valence-corrected chi connectivity index (χ2v) is 4.57. The van der Waals surface area contributed by atoms with Gasteiger partial charge in [0.25, 0.3) is 5.91 Å². The second-order valence-electron chi connectivity index (χ2n) is 3.03. The van der Waals surface area contributed by atoms with Gasteiger partial charge in [0.1, 0.15) is 10.6 Å². The fraction of sp³-hybridized carbons (Fsp3) is 0.500. The summed E-state index contributed by atoms with van der Waals surface area (Å²) in [6, 6.07) is 1.78. The van der Waals surface area contributed by atoms with E-state index in [4.69, 9.17) is 16.3 Å². The van der Waals surface area contributed by atoms with Crippen molar-refractivity contribution in [1.82, 2.24) is 5.32 Å². The quantitative estimate of drug-likeness (QED) is 0.812. The Morgan fingerprint density at radius 2 is 2.47 bits per heavy atom. The first-order valence-electron chi connectivity index (χ1n) is 4.72. The van der Waals surface area contributed by atoms with Crippen LogP contribution in [-0.2, 0) is 0 Å². The molecule has 1 rings (SSSR count). The van der Waals surface area contributed by atoms with Gasteiger partial charge in [0.2, 0.25) is 0 Å². The van der Waals surface area contributed by atoms with Crippen molar-refractivity contribution in [3.63, 3.8) is 0 Å². The van der Waals surface area contributed by atoms with Gasteiger partial charge < -0.3 is 10.1 Å². The number of hydrogen-bond donors (Lipinski definition) is 1. The highest BCUT2D eigenvalue weighted by molar-refractivity contribution is 7.12. The van der Waals surface area contributed by atoms with Gasteiger partial charge in [0.05, 0.1) is 12.5 Å². The molecule has 0 bridgehead atoms. The van der Waals surface area contributed by atoms with E-state index in [2.05, 4.69) is 5.32 Å². The van der Waals surface area contributed by atoms with E-state index in [1.54, 1.807) is 13.2 Å². The van der Waals surface area contributed by atoms with Gasteiger partial charge in [-0.15, -0.1) is 22.9 Å². The minimum absolute atomic E-state index is 0.0140. The number of hydrogen-bond acceptors (Lipinski definition) is 3. The summed E-state index contributed by atoms with van der Waals surface area (Å²) in [4.78, 5) is 12.3. The molecule has 0 fully saturated rings. The van der Waals surface area contributed by atoms with Crippen LogP contribution in [-0.4, -0.2) is 24.9 Å². The second kappa shape index (κ2) is 5.98. The summed E-state index contributed by atoms with van der Waals surface area (Å²) < 4.78 is 5.06. The number of nitrogens with one attached hydrogen (secondary N) is 1. The van der Waals surface area contributed by atoms with E-state index in [1.165, 1.54) is 11.3 Å². The molecule has 1 amide bonds. The predicted molar refractivity (Wildman–Crippen MR) is 63.1 cm³/mol. The van der Waals surface area contributed by atoms with Crippen molar-refractivity contribution in [1.29, 1.82) is 0 Å². The van der Waals surface area contributed by atoms with Crippen LogP contribution in [0.1, 0.15) is 23.0 Å². The lowest BCUT2D eigenvalue weighted by Gasteiger charge is -2.08. The van der Waals surface area contributed by atoms with E-state index in [9.17, 15) is 4.79 Å². The van der Waals surface area contributed by atoms with Crippen LogP contribution in [0.15, 0.2) is 11.4 Å². The Hall–Kier alpha value is -0.740. The highest BCUT2D eigenvalue weighted by Gasteiger charge is 2.14. The van der Waals surface area contributed by atoms with E-state index >= 15 is 0 Å². The summed E-state index contributed by atoms with van der Waals surface area (Å²) in [7, 11) is 1.55. The van der Waals surface area contributed by atoms with Crippen molar-refractivity contribution in [2.24, 2.45) is 0 Å². The number of ether oxygens (including phenoxy) is 1. The summed E-state index contributed by atoms with van der Waals surface area (Å²) in [5, 5.41) is 4.58. The molecule has 1 atom stereocenters. The highest BCUT2D eigenvalue weighted by Crippen LogP contribution is 2.23. The zero-order valence-electron chi connectivity index (χ0n) is 8.75. The Labute approximate surface area is 98.4 Å². The Morgan fingerprint density at radius 1 is 1.73 bits per heavy atom.